The van der Waals surface area contributed by atoms with Crippen LogP contribution in [0.1, 0.15) is 61.7 Å². The summed E-state index contributed by atoms with van der Waals surface area (Å²) in [5, 5.41) is 8.62. The lowest BCUT2D eigenvalue weighted by Gasteiger charge is -2.22. The number of furan rings is 1. The number of thiophene rings is 1. The Balaban J connectivity index is 1.02. The summed E-state index contributed by atoms with van der Waals surface area (Å²) < 4.78 is 12.1. The maximum Gasteiger partial charge on any atom is 0.341 e. The molecule has 0 fully saturated rings. The van der Waals surface area contributed by atoms with Crippen LogP contribution in [0.15, 0.2) is 141 Å². The van der Waals surface area contributed by atoms with Gasteiger partial charge in [0.2, 0.25) is 5.91 Å². The highest BCUT2D eigenvalue weighted by Crippen LogP contribution is 2.43. The van der Waals surface area contributed by atoms with Crippen molar-refractivity contribution in [2.75, 3.05) is 17.7 Å². The van der Waals surface area contributed by atoms with E-state index in [9.17, 15) is 19.2 Å². The van der Waals surface area contributed by atoms with E-state index < -0.39 is 23.0 Å². The lowest BCUT2D eigenvalue weighted by molar-refractivity contribution is -0.115. The number of carbonyl (C=O) groups excluding carboxylic acids is 4. The summed E-state index contributed by atoms with van der Waals surface area (Å²) in [6.45, 7) is 1.80. The fraction of sp³-hybridized carbons (Fsp3) is 0.156. The Bertz CT molecular complexity index is 2430. The van der Waals surface area contributed by atoms with Crippen molar-refractivity contribution < 1.29 is 28.3 Å². The molecule has 57 heavy (non-hydrogen) atoms. The monoisotopic (exact) mass is 859 g/mol. The maximum absolute atomic E-state index is 13.7. The minimum absolute atomic E-state index is 0.0125. The van der Waals surface area contributed by atoms with Crippen molar-refractivity contribution in [1.29, 1.82) is 0 Å². The van der Waals surface area contributed by atoms with Gasteiger partial charge in [0.1, 0.15) is 22.2 Å². The molecule has 0 aliphatic heterocycles. The molecule has 12 heteroatoms. The third-order valence-electron chi connectivity index (χ3n) is 9.53. The molecule has 288 valence electrons. The number of hydrogen-bond donors (Lipinski definition) is 3. The third-order valence-corrected chi connectivity index (χ3v) is 12.3. The number of carbonyl (C=O) groups is 4. The quantitative estimate of drug-likeness (QED) is 0.0635. The molecule has 2 heterocycles. The van der Waals surface area contributed by atoms with Gasteiger partial charge >= 0.3 is 5.97 Å². The summed E-state index contributed by atoms with van der Waals surface area (Å²) in [5.41, 5.74) is 4.39. The van der Waals surface area contributed by atoms with Crippen LogP contribution in [-0.4, -0.2) is 36.1 Å². The fourth-order valence-corrected chi connectivity index (χ4v) is 9.02. The van der Waals surface area contributed by atoms with Crippen LogP contribution in [-0.2, 0) is 27.2 Å². The largest absolute Gasteiger partial charge is 0.465 e. The number of thioether (sulfide) groups is 1. The average Bonchev–Trinajstić information content (AvgIpc) is 3.85. The minimum atomic E-state index is -0.552. The smallest absolute Gasteiger partial charge is 0.341 e. The first-order valence-corrected chi connectivity index (χ1v) is 20.7. The molecule has 0 saturated carbocycles. The SMILES string of the molecule is COC(=O)c1c(NC(=O)[C@H](C)Sc2ccc(NC(=O)/C(=C/c3ccc(-c4ccc(Br)cc4)o3)NC(=O)c3ccccc3)cc2)sc2c1CC[C@H](c1ccccc1)C2. The highest BCUT2D eigenvalue weighted by atomic mass is 79.9. The molecular formula is C45H38BrN3O6S2. The Kier molecular flexibility index (Phi) is 12.5. The van der Waals surface area contributed by atoms with Gasteiger partial charge in [-0.3, -0.25) is 14.4 Å². The standard InChI is InChI=1S/C45H38BrN3O6S2/c1-27(41(50)49-44-40(45(53)54-2)36-23-15-31(25-39(36)57-44)28-9-5-3-6-10-28)56-35-21-18-33(19-22-35)47-43(52)37(48-42(51)30-11-7-4-8-12-30)26-34-20-24-38(55-34)29-13-16-32(46)17-14-29/h3-14,16-22,24,26-27,31H,15,23,25H2,1-2H3,(H,47,52)(H,48,51)(H,49,50)/b37-26-/t27-,31-/m0/s1. The summed E-state index contributed by atoms with van der Waals surface area (Å²) in [7, 11) is 1.36. The van der Waals surface area contributed by atoms with E-state index >= 15 is 0 Å². The summed E-state index contributed by atoms with van der Waals surface area (Å²) in [6.07, 6.45) is 3.92. The zero-order valence-electron chi connectivity index (χ0n) is 31.0. The number of anilines is 2. The first kappa shape index (κ1) is 39.5. The van der Waals surface area contributed by atoms with Crippen LogP contribution in [0.3, 0.4) is 0 Å². The van der Waals surface area contributed by atoms with Crippen LogP contribution < -0.4 is 16.0 Å². The van der Waals surface area contributed by atoms with Crippen molar-refractivity contribution in [2.24, 2.45) is 0 Å². The summed E-state index contributed by atoms with van der Waals surface area (Å²) in [4.78, 5) is 55.2. The number of esters is 1. The van der Waals surface area contributed by atoms with E-state index in [0.29, 0.717) is 39.3 Å². The molecule has 0 saturated heterocycles. The summed E-state index contributed by atoms with van der Waals surface area (Å²) in [5.74, 6) is -0.371. The molecule has 0 spiro atoms. The Hall–Kier alpha value is -5.69. The van der Waals surface area contributed by atoms with Gasteiger partial charge in [-0.05, 0) is 104 Å². The number of benzene rings is 4. The van der Waals surface area contributed by atoms with Crippen LogP contribution in [0.25, 0.3) is 17.4 Å². The second kappa shape index (κ2) is 18.1. The van der Waals surface area contributed by atoms with E-state index in [-0.39, 0.29) is 11.6 Å². The number of hydrogen-bond acceptors (Lipinski definition) is 8. The highest BCUT2D eigenvalue weighted by molar-refractivity contribution is 9.10. The van der Waals surface area contributed by atoms with Gasteiger partial charge in [-0.1, -0.05) is 76.6 Å². The summed E-state index contributed by atoms with van der Waals surface area (Å²) in [6, 6.07) is 37.2. The number of amides is 3. The van der Waals surface area contributed by atoms with Crippen molar-refractivity contribution >= 4 is 79.5 Å². The Morgan fingerprint density at radius 1 is 0.877 bits per heavy atom. The lowest BCUT2D eigenvalue weighted by atomic mass is 9.83. The van der Waals surface area contributed by atoms with E-state index in [1.54, 1.807) is 73.7 Å². The zero-order chi connectivity index (χ0) is 39.9. The van der Waals surface area contributed by atoms with Crippen molar-refractivity contribution in [3.8, 4) is 11.3 Å². The Morgan fingerprint density at radius 3 is 2.28 bits per heavy atom. The molecule has 0 unspecified atom stereocenters. The predicted octanol–water partition coefficient (Wildman–Crippen LogP) is 10.4. The van der Waals surface area contributed by atoms with Gasteiger partial charge in [0.05, 0.1) is 17.9 Å². The predicted molar refractivity (Wildman–Crippen MR) is 230 cm³/mol. The van der Waals surface area contributed by atoms with Crippen molar-refractivity contribution in [1.82, 2.24) is 5.32 Å². The second-order valence-corrected chi connectivity index (χ2v) is 16.8. The van der Waals surface area contributed by atoms with Crippen LogP contribution in [0.4, 0.5) is 10.7 Å². The average molecular weight is 861 g/mol. The number of ether oxygens (including phenoxy) is 1. The van der Waals surface area contributed by atoms with E-state index in [2.05, 4.69) is 44.0 Å². The van der Waals surface area contributed by atoms with Gasteiger partial charge in [-0.2, -0.15) is 0 Å². The lowest BCUT2D eigenvalue weighted by Crippen LogP contribution is -2.30. The molecule has 3 amide bonds. The topological polar surface area (TPSA) is 127 Å². The number of halogens is 1. The number of nitrogens with one attached hydrogen (secondary N) is 3. The van der Waals surface area contributed by atoms with Crippen molar-refractivity contribution in [2.45, 2.75) is 42.2 Å². The first-order chi connectivity index (χ1) is 27.6. The van der Waals surface area contributed by atoms with Crippen LogP contribution in [0.5, 0.6) is 0 Å². The molecule has 9 nitrogen and oxygen atoms in total. The van der Waals surface area contributed by atoms with Gasteiger partial charge in [-0.25, -0.2) is 4.79 Å². The van der Waals surface area contributed by atoms with E-state index in [1.165, 1.54) is 41.8 Å². The molecule has 1 aliphatic carbocycles. The molecule has 4 aromatic carbocycles. The zero-order valence-corrected chi connectivity index (χ0v) is 34.3. The van der Waals surface area contributed by atoms with E-state index in [1.807, 2.05) is 42.5 Å². The van der Waals surface area contributed by atoms with Gasteiger partial charge in [-0.15, -0.1) is 23.1 Å². The Morgan fingerprint density at radius 2 is 1.58 bits per heavy atom. The molecule has 7 rings (SSSR count). The van der Waals surface area contributed by atoms with Crippen molar-refractivity contribution in [3.05, 3.63) is 164 Å². The molecular weight excluding hydrogens is 823 g/mol. The Labute approximate surface area is 347 Å². The molecule has 2 aromatic heterocycles. The van der Waals surface area contributed by atoms with Gasteiger partial charge in [0.25, 0.3) is 11.8 Å². The molecule has 3 N–H and O–H groups in total. The molecule has 0 bridgehead atoms. The van der Waals surface area contributed by atoms with Gasteiger partial charge < -0.3 is 25.1 Å². The van der Waals surface area contributed by atoms with Crippen LogP contribution >= 0.6 is 39.0 Å². The first-order valence-electron chi connectivity index (χ1n) is 18.3. The fourth-order valence-electron chi connectivity index (χ4n) is 6.57. The third kappa shape index (κ3) is 9.65. The molecule has 0 radical (unpaired) electrons. The van der Waals surface area contributed by atoms with Gasteiger partial charge in [0, 0.05) is 37.1 Å². The maximum atomic E-state index is 13.7. The van der Waals surface area contributed by atoms with E-state index in [0.717, 1.165) is 44.6 Å². The minimum Gasteiger partial charge on any atom is -0.465 e. The molecule has 1 aliphatic rings. The number of fused-ring (bicyclic) bond motifs is 1. The summed E-state index contributed by atoms with van der Waals surface area (Å²) >= 11 is 6.24. The molecule has 6 aromatic rings. The number of rotatable bonds is 12. The molecule has 2 atom stereocenters. The second-order valence-electron chi connectivity index (χ2n) is 13.4. The van der Waals surface area contributed by atoms with Crippen molar-refractivity contribution in [3.63, 3.8) is 0 Å². The van der Waals surface area contributed by atoms with Gasteiger partial charge in [0.15, 0.2) is 0 Å². The van der Waals surface area contributed by atoms with E-state index in [4.69, 9.17) is 9.15 Å². The van der Waals surface area contributed by atoms with Crippen LogP contribution in [0, 0.1) is 0 Å². The van der Waals surface area contributed by atoms with Crippen LogP contribution in [0.2, 0.25) is 0 Å². The number of methoxy groups -OCH3 is 1. The highest BCUT2D eigenvalue weighted by Gasteiger charge is 2.31. The normalized spacial score (nSPS) is 14.2.